The third-order valence-corrected chi connectivity index (χ3v) is 3.01. The van der Waals surface area contributed by atoms with Gasteiger partial charge in [0.2, 0.25) is 0 Å². The zero-order chi connectivity index (χ0) is 13.0. The minimum absolute atomic E-state index is 0. The first-order valence-corrected chi connectivity index (χ1v) is 6.18. The molecule has 2 nitrogen and oxygen atoms in total. The molecule has 104 valence electrons. The van der Waals surface area contributed by atoms with Crippen LogP contribution < -0.4 is 5.73 Å². The van der Waals surface area contributed by atoms with Crippen molar-refractivity contribution < 1.29 is 9.50 Å². The minimum atomic E-state index is -0.745. The van der Waals surface area contributed by atoms with Gasteiger partial charge in [0.1, 0.15) is 5.82 Å². The Balaban J connectivity index is 0.00000289. The van der Waals surface area contributed by atoms with Gasteiger partial charge in [0.15, 0.2) is 0 Å². The Morgan fingerprint density at radius 2 is 1.94 bits per heavy atom. The summed E-state index contributed by atoms with van der Waals surface area (Å²) in [6.07, 6.45) is 0.673. The molecule has 0 saturated heterocycles. The molecule has 1 aromatic carbocycles. The molecule has 5 heteroatoms. The Morgan fingerprint density at radius 1 is 1.33 bits per heavy atom. The van der Waals surface area contributed by atoms with Crippen LogP contribution in [0.5, 0.6) is 0 Å². The number of hydrogen-bond acceptors (Lipinski definition) is 2. The number of benzene rings is 1. The summed E-state index contributed by atoms with van der Waals surface area (Å²) >= 11 is 5.79. The van der Waals surface area contributed by atoms with Crippen LogP contribution in [0.15, 0.2) is 18.2 Å². The molecular formula is C13H20Cl2FNO. The van der Waals surface area contributed by atoms with E-state index in [1.807, 2.05) is 0 Å². The van der Waals surface area contributed by atoms with Crippen molar-refractivity contribution in [1.29, 1.82) is 0 Å². The van der Waals surface area contributed by atoms with Gasteiger partial charge >= 0.3 is 0 Å². The van der Waals surface area contributed by atoms with E-state index in [1.165, 1.54) is 18.2 Å². The first-order valence-electron chi connectivity index (χ1n) is 5.80. The highest BCUT2D eigenvalue weighted by molar-refractivity contribution is 6.30. The molecule has 0 saturated carbocycles. The summed E-state index contributed by atoms with van der Waals surface area (Å²) in [5.74, 6) is 0.0616. The standard InChI is InChI=1S/C13H19ClFNO.ClH/c1-8(2)3-6-12(17)13(16)10-7-9(14)4-5-11(10)15;/h4-5,7-8,12-13,17H,3,6,16H2,1-2H3;1H/t12-,13+;/m1./s1. The van der Waals surface area contributed by atoms with E-state index >= 15 is 0 Å². The zero-order valence-electron chi connectivity index (χ0n) is 10.6. The second-order valence-electron chi connectivity index (χ2n) is 4.73. The highest BCUT2D eigenvalue weighted by Gasteiger charge is 2.20. The van der Waals surface area contributed by atoms with Gasteiger partial charge in [0, 0.05) is 10.6 Å². The van der Waals surface area contributed by atoms with E-state index in [2.05, 4.69) is 13.8 Å². The molecule has 0 aliphatic heterocycles. The van der Waals surface area contributed by atoms with Crippen molar-refractivity contribution in [2.45, 2.75) is 38.8 Å². The Bertz CT molecular complexity index is 374. The average Bonchev–Trinajstić information content (AvgIpc) is 2.28. The van der Waals surface area contributed by atoms with E-state index in [-0.39, 0.29) is 18.0 Å². The number of rotatable bonds is 5. The molecular weight excluding hydrogens is 276 g/mol. The summed E-state index contributed by atoms with van der Waals surface area (Å²) in [5.41, 5.74) is 6.12. The normalized spacial score (nSPS) is 14.2. The molecule has 0 bridgehead atoms. The number of halogens is 3. The summed E-state index contributed by atoms with van der Waals surface area (Å²) in [7, 11) is 0. The Hall–Kier alpha value is -0.350. The molecule has 0 aliphatic carbocycles. The van der Waals surface area contributed by atoms with E-state index in [9.17, 15) is 9.50 Å². The molecule has 18 heavy (non-hydrogen) atoms. The third-order valence-electron chi connectivity index (χ3n) is 2.77. The molecule has 0 spiro atoms. The van der Waals surface area contributed by atoms with Crippen LogP contribution >= 0.6 is 24.0 Å². The van der Waals surface area contributed by atoms with Crippen molar-refractivity contribution >= 4 is 24.0 Å². The van der Waals surface area contributed by atoms with Crippen molar-refractivity contribution in [3.63, 3.8) is 0 Å². The fourth-order valence-electron chi connectivity index (χ4n) is 1.66. The average molecular weight is 296 g/mol. The highest BCUT2D eigenvalue weighted by Crippen LogP contribution is 2.24. The SMILES string of the molecule is CC(C)CC[C@@H](O)[C@@H](N)c1cc(Cl)ccc1F.Cl. The summed E-state index contributed by atoms with van der Waals surface area (Å²) in [5, 5.41) is 10.3. The minimum Gasteiger partial charge on any atom is -0.391 e. The van der Waals surface area contributed by atoms with Crippen LogP contribution in [-0.4, -0.2) is 11.2 Å². The molecule has 1 rings (SSSR count). The highest BCUT2D eigenvalue weighted by atomic mass is 35.5. The molecule has 0 aliphatic rings. The maximum Gasteiger partial charge on any atom is 0.128 e. The maximum absolute atomic E-state index is 13.5. The van der Waals surface area contributed by atoms with E-state index in [0.29, 0.717) is 17.4 Å². The fourth-order valence-corrected chi connectivity index (χ4v) is 1.84. The lowest BCUT2D eigenvalue weighted by Crippen LogP contribution is -2.27. The maximum atomic E-state index is 13.5. The predicted octanol–water partition coefficient (Wildman–Crippen LogP) is 3.70. The molecule has 0 fully saturated rings. The van der Waals surface area contributed by atoms with Gasteiger partial charge in [-0.05, 0) is 37.0 Å². The second-order valence-corrected chi connectivity index (χ2v) is 5.17. The summed E-state index contributed by atoms with van der Waals surface area (Å²) in [4.78, 5) is 0. The molecule has 3 N–H and O–H groups in total. The molecule has 0 radical (unpaired) electrons. The van der Waals surface area contributed by atoms with Gasteiger partial charge in [-0.15, -0.1) is 12.4 Å². The lowest BCUT2D eigenvalue weighted by atomic mass is 9.96. The first kappa shape index (κ1) is 17.6. The van der Waals surface area contributed by atoms with Crippen molar-refractivity contribution in [1.82, 2.24) is 0 Å². The monoisotopic (exact) mass is 295 g/mol. The van der Waals surface area contributed by atoms with Gasteiger partial charge < -0.3 is 10.8 Å². The van der Waals surface area contributed by atoms with Crippen molar-refractivity contribution in [2.24, 2.45) is 11.7 Å². The quantitative estimate of drug-likeness (QED) is 0.870. The lowest BCUT2D eigenvalue weighted by molar-refractivity contribution is 0.127. The van der Waals surface area contributed by atoms with E-state index in [0.717, 1.165) is 6.42 Å². The Kier molecular flexibility index (Phi) is 7.79. The van der Waals surface area contributed by atoms with Crippen LogP contribution in [0, 0.1) is 11.7 Å². The smallest absolute Gasteiger partial charge is 0.128 e. The predicted molar refractivity (Wildman–Crippen MR) is 75.7 cm³/mol. The molecule has 1 aromatic rings. The number of nitrogens with two attached hydrogens (primary N) is 1. The van der Waals surface area contributed by atoms with Crippen LogP contribution in [0.2, 0.25) is 5.02 Å². The van der Waals surface area contributed by atoms with E-state index < -0.39 is 18.0 Å². The number of aliphatic hydroxyl groups is 1. The second kappa shape index (κ2) is 7.95. The van der Waals surface area contributed by atoms with Crippen molar-refractivity contribution in [3.8, 4) is 0 Å². The van der Waals surface area contributed by atoms with Crippen LogP contribution in [0.4, 0.5) is 4.39 Å². The van der Waals surface area contributed by atoms with Gasteiger partial charge in [-0.1, -0.05) is 25.4 Å². The number of hydrogen-bond donors (Lipinski definition) is 2. The largest absolute Gasteiger partial charge is 0.391 e. The molecule has 0 amide bonds. The van der Waals surface area contributed by atoms with Crippen molar-refractivity contribution in [3.05, 3.63) is 34.6 Å². The van der Waals surface area contributed by atoms with Gasteiger partial charge in [-0.2, -0.15) is 0 Å². The number of aliphatic hydroxyl groups excluding tert-OH is 1. The van der Waals surface area contributed by atoms with Gasteiger partial charge in [-0.25, -0.2) is 4.39 Å². The molecule has 0 unspecified atom stereocenters. The van der Waals surface area contributed by atoms with Crippen LogP contribution in [0.25, 0.3) is 0 Å². The summed E-state index contributed by atoms with van der Waals surface area (Å²) < 4.78 is 13.5. The Morgan fingerprint density at radius 3 is 2.50 bits per heavy atom. The van der Waals surface area contributed by atoms with Gasteiger partial charge in [0.25, 0.3) is 0 Å². The first-order chi connectivity index (χ1) is 7.91. The van der Waals surface area contributed by atoms with Gasteiger partial charge in [0.05, 0.1) is 12.1 Å². The van der Waals surface area contributed by atoms with Crippen LogP contribution in [0.1, 0.15) is 38.3 Å². The molecule has 0 aromatic heterocycles. The Labute approximate surface area is 119 Å². The van der Waals surface area contributed by atoms with Crippen LogP contribution in [0.3, 0.4) is 0 Å². The fraction of sp³-hybridized carbons (Fsp3) is 0.538. The van der Waals surface area contributed by atoms with E-state index in [4.69, 9.17) is 17.3 Å². The van der Waals surface area contributed by atoms with Crippen LogP contribution in [-0.2, 0) is 0 Å². The van der Waals surface area contributed by atoms with E-state index in [1.54, 1.807) is 0 Å². The summed E-state index contributed by atoms with van der Waals surface area (Å²) in [6, 6.07) is 3.48. The zero-order valence-corrected chi connectivity index (χ0v) is 12.1. The van der Waals surface area contributed by atoms with Gasteiger partial charge in [-0.3, -0.25) is 0 Å². The topological polar surface area (TPSA) is 46.2 Å². The lowest BCUT2D eigenvalue weighted by Gasteiger charge is -2.20. The third kappa shape index (κ3) is 5.11. The summed E-state index contributed by atoms with van der Waals surface area (Å²) in [6.45, 7) is 4.14. The molecule has 0 heterocycles. The molecule has 2 atom stereocenters. The van der Waals surface area contributed by atoms with Crippen molar-refractivity contribution in [2.75, 3.05) is 0 Å².